The van der Waals surface area contributed by atoms with Crippen molar-refractivity contribution in [1.29, 1.82) is 0 Å². The highest BCUT2D eigenvalue weighted by Crippen LogP contribution is 2.63. The Morgan fingerprint density at radius 3 is 2.41 bits per heavy atom. The number of carbonyl (C=O) groups excluding carboxylic acids is 1. The molecule has 2 heteroatoms. The molecule has 22 heavy (non-hydrogen) atoms. The number of hydrogen-bond acceptors (Lipinski definition) is 2. The molecule has 3 rings (SSSR count). The van der Waals surface area contributed by atoms with Gasteiger partial charge >= 0.3 is 0 Å². The van der Waals surface area contributed by atoms with Crippen molar-refractivity contribution in [2.45, 2.75) is 71.5 Å². The molecule has 2 nitrogen and oxygen atoms in total. The third kappa shape index (κ3) is 1.99. The second kappa shape index (κ2) is 4.56. The summed E-state index contributed by atoms with van der Waals surface area (Å²) in [6, 6.07) is 0. The number of hydrogen-bond donors (Lipinski definition) is 0. The molecular formula is C20H30O2. The monoisotopic (exact) mass is 302 g/mol. The van der Waals surface area contributed by atoms with Crippen molar-refractivity contribution in [2.75, 3.05) is 0 Å². The molecule has 1 aliphatic heterocycles. The van der Waals surface area contributed by atoms with E-state index in [1.165, 1.54) is 0 Å². The maximum atomic E-state index is 12.4. The fourth-order valence-corrected chi connectivity index (χ4v) is 5.73. The Hall–Kier alpha value is -0.890. The Morgan fingerprint density at radius 1 is 1.14 bits per heavy atom. The van der Waals surface area contributed by atoms with E-state index in [0.29, 0.717) is 11.8 Å². The van der Waals surface area contributed by atoms with Gasteiger partial charge in [-0.15, -0.1) is 6.58 Å². The first kappa shape index (κ1) is 16.0. The summed E-state index contributed by atoms with van der Waals surface area (Å²) >= 11 is 0. The highest BCUT2D eigenvalue weighted by molar-refractivity contribution is 5.95. The van der Waals surface area contributed by atoms with Crippen molar-refractivity contribution in [3.63, 3.8) is 0 Å². The van der Waals surface area contributed by atoms with Gasteiger partial charge in [0.25, 0.3) is 0 Å². The van der Waals surface area contributed by atoms with Crippen molar-refractivity contribution in [1.82, 2.24) is 0 Å². The average Bonchev–Trinajstić information content (AvgIpc) is 2.42. The maximum absolute atomic E-state index is 12.4. The molecule has 1 saturated carbocycles. The normalized spacial score (nSPS) is 50.1. The first-order valence-electron chi connectivity index (χ1n) is 8.65. The zero-order chi connectivity index (χ0) is 16.4. The number of ether oxygens (including phenoxy) is 1. The third-order valence-corrected chi connectivity index (χ3v) is 7.10. The van der Waals surface area contributed by atoms with Gasteiger partial charge in [0, 0.05) is 5.41 Å². The maximum Gasteiger partial charge on any atom is 0.161 e. The van der Waals surface area contributed by atoms with Gasteiger partial charge in [-0.25, -0.2) is 0 Å². The van der Waals surface area contributed by atoms with Crippen LogP contribution in [0.3, 0.4) is 0 Å². The quantitative estimate of drug-likeness (QED) is 0.656. The van der Waals surface area contributed by atoms with Crippen molar-refractivity contribution in [2.24, 2.45) is 22.7 Å². The van der Waals surface area contributed by atoms with Crippen LogP contribution in [0.4, 0.5) is 0 Å². The molecule has 3 aliphatic rings. The molecule has 0 N–H and O–H groups in total. The van der Waals surface area contributed by atoms with Crippen molar-refractivity contribution >= 4 is 5.78 Å². The van der Waals surface area contributed by atoms with Crippen LogP contribution in [0.15, 0.2) is 24.8 Å². The molecule has 0 bridgehead atoms. The fraction of sp³-hybridized carbons (Fsp3) is 0.750. The van der Waals surface area contributed by atoms with Gasteiger partial charge < -0.3 is 4.74 Å². The molecule has 5 unspecified atom stereocenters. The summed E-state index contributed by atoms with van der Waals surface area (Å²) in [6.45, 7) is 15.0. The fourth-order valence-electron chi connectivity index (χ4n) is 5.73. The molecule has 0 spiro atoms. The molecule has 2 aliphatic carbocycles. The molecular weight excluding hydrogens is 272 g/mol. The summed E-state index contributed by atoms with van der Waals surface area (Å²) in [5, 5.41) is 0. The van der Waals surface area contributed by atoms with E-state index in [0.717, 1.165) is 25.7 Å². The van der Waals surface area contributed by atoms with E-state index in [9.17, 15) is 4.79 Å². The minimum Gasteiger partial charge on any atom is -0.365 e. The van der Waals surface area contributed by atoms with Crippen LogP contribution in [-0.4, -0.2) is 17.0 Å². The second-order valence-electron chi connectivity index (χ2n) is 8.90. The Bertz CT molecular complexity index is 546. The number of ketones is 1. The smallest absolute Gasteiger partial charge is 0.161 e. The van der Waals surface area contributed by atoms with Crippen molar-refractivity contribution < 1.29 is 9.53 Å². The van der Waals surface area contributed by atoms with Crippen LogP contribution in [-0.2, 0) is 9.53 Å². The van der Waals surface area contributed by atoms with Crippen LogP contribution in [0.5, 0.6) is 0 Å². The van der Waals surface area contributed by atoms with Gasteiger partial charge in [0.2, 0.25) is 0 Å². The van der Waals surface area contributed by atoms with Crippen molar-refractivity contribution in [3.05, 3.63) is 24.8 Å². The van der Waals surface area contributed by atoms with E-state index in [2.05, 4.69) is 47.3 Å². The van der Waals surface area contributed by atoms with Gasteiger partial charge in [0.05, 0.1) is 11.2 Å². The van der Waals surface area contributed by atoms with Gasteiger partial charge in [-0.05, 0) is 62.9 Å². The zero-order valence-electron chi connectivity index (χ0n) is 14.7. The number of carbonyl (C=O) groups is 1. The molecule has 0 radical (unpaired) electrons. The summed E-state index contributed by atoms with van der Waals surface area (Å²) in [7, 11) is 0. The third-order valence-electron chi connectivity index (χ3n) is 7.10. The van der Waals surface area contributed by atoms with Crippen LogP contribution in [0.1, 0.15) is 60.3 Å². The van der Waals surface area contributed by atoms with Crippen molar-refractivity contribution in [3.8, 4) is 0 Å². The lowest BCUT2D eigenvalue weighted by atomic mass is 9.46. The van der Waals surface area contributed by atoms with E-state index in [1.54, 1.807) is 0 Å². The Kier molecular flexibility index (Phi) is 3.32. The first-order chi connectivity index (χ1) is 10.1. The minimum atomic E-state index is -0.260. The van der Waals surface area contributed by atoms with Crippen LogP contribution >= 0.6 is 0 Å². The zero-order valence-corrected chi connectivity index (χ0v) is 14.7. The van der Waals surface area contributed by atoms with Crippen LogP contribution in [0.25, 0.3) is 0 Å². The molecule has 122 valence electrons. The van der Waals surface area contributed by atoms with E-state index < -0.39 is 0 Å². The molecule has 0 aromatic rings. The molecule has 0 amide bonds. The van der Waals surface area contributed by atoms with Gasteiger partial charge in [-0.1, -0.05) is 32.9 Å². The summed E-state index contributed by atoms with van der Waals surface area (Å²) in [5.74, 6) is 1.16. The molecule has 1 heterocycles. The van der Waals surface area contributed by atoms with Gasteiger partial charge in [-0.3, -0.25) is 4.79 Å². The standard InChI is InChI=1S/C20H30O2/c1-7-18(4)11-8-15-19(5)12-10-16(21)17(2,3)14(19)9-13-20(15,6)22-18/h7,10,12,14-15H,1,8-9,11,13H2,2-6H3. The van der Waals surface area contributed by atoms with E-state index >= 15 is 0 Å². The van der Waals surface area contributed by atoms with E-state index in [1.807, 2.05) is 12.2 Å². The van der Waals surface area contributed by atoms with Gasteiger partial charge in [0.15, 0.2) is 5.78 Å². The lowest BCUT2D eigenvalue weighted by Gasteiger charge is -2.63. The summed E-state index contributed by atoms with van der Waals surface area (Å²) in [4.78, 5) is 12.4. The number of fused-ring (bicyclic) bond motifs is 3. The van der Waals surface area contributed by atoms with Gasteiger partial charge in [-0.2, -0.15) is 0 Å². The molecule has 0 aromatic heterocycles. The lowest BCUT2D eigenvalue weighted by Crippen LogP contribution is -2.62. The molecule has 5 atom stereocenters. The predicted molar refractivity (Wildman–Crippen MR) is 89.6 cm³/mol. The molecule has 0 aromatic carbocycles. The second-order valence-corrected chi connectivity index (χ2v) is 8.90. The lowest BCUT2D eigenvalue weighted by molar-refractivity contribution is -0.235. The average molecular weight is 302 g/mol. The first-order valence-corrected chi connectivity index (χ1v) is 8.65. The highest BCUT2D eigenvalue weighted by atomic mass is 16.5. The SMILES string of the molecule is C=CC1(C)CCC2C(C)(CCC3C(C)(C)C(=O)C=CC23C)O1. The summed E-state index contributed by atoms with van der Waals surface area (Å²) in [5.41, 5.74) is -0.539. The topological polar surface area (TPSA) is 26.3 Å². The Balaban J connectivity index is 2.02. The largest absolute Gasteiger partial charge is 0.365 e. The van der Waals surface area contributed by atoms with Gasteiger partial charge in [0.1, 0.15) is 0 Å². The Morgan fingerprint density at radius 2 is 1.77 bits per heavy atom. The number of rotatable bonds is 1. The van der Waals surface area contributed by atoms with Crippen LogP contribution in [0, 0.1) is 22.7 Å². The molecule has 1 saturated heterocycles. The van der Waals surface area contributed by atoms with E-state index in [-0.39, 0.29) is 27.8 Å². The summed E-state index contributed by atoms with van der Waals surface area (Å²) < 4.78 is 6.59. The molecule has 2 fully saturated rings. The summed E-state index contributed by atoms with van der Waals surface area (Å²) in [6.07, 6.45) is 10.2. The van der Waals surface area contributed by atoms with Crippen LogP contribution < -0.4 is 0 Å². The van der Waals surface area contributed by atoms with E-state index in [4.69, 9.17) is 4.74 Å². The highest BCUT2D eigenvalue weighted by Gasteiger charge is 2.61. The minimum absolute atomic E-state index is 0.0485. The number of allylic oxidation sites excluding steroid dienone is 2. The Labute approximate surface area is 135 Å². The van der Waals surface area contributed by atoms with Crippen LogP contribution in [0.2, 0.25) is 0 Å². The predicted octanol–water partition coefficient (Wildman–Crippen LogP) is 4.70.